The minimum absolute atomic E-state index is 0.158. The Labute approximate surface area is 87.6 Å². The SMILES string of the molecule is COC(OC)C(C)NCCCN(C)C. The number of hydrogen-bond donors (Lipinski definition) is 1. The van der Waals surface area contributed by atoms with Crippen LogP contribution in [-0.2, 0) is 9.47 Å². The second kappa shape index (κ2) is 8.17. The van der Waals surface area contributed by atoms with E-state index >= 15 is 0 Å². The molecule has 1 unspecified atom stereocenters. The van der Waals surface area contributed by atoms with Crippen LogP contribution in [0.25, 0.3) is 0 Å². The van der Waals surface area contributed by atoms with Crippen molar-refractivity contribution in [1.82, 2.24) is 10.2 Å². The minimum Gasteiger partial charge on any atom is -0.354 e. The molecule has 0 fully saturated rings. The first-order valence-electron chi connectivity index (χ1n) is 5.05. The monoisotopic (exact) mass is 204 g/mol. The molecule has 1 N–H and O–H groups in total. The van der Waals surface area contributed by atoms with Crippen LogP contribution in [0, 0.1) is 0 Å². The summed E-state index contributed by atoms with van der Waals surface area (Å²) in [6.45, 7) is 4.15. The van der Waals surface area contributed by atoms with E-state index in [-0.39, 0.29) is 12.3 Å². The van der Waals surface area contributed by atoms with Gasteiger partial charge in [-0.2, -0.15) is 0 Å². The van der Waals surface area contributed by atoms with E-state index < -0.39 is 0 Å². The van der Waals surface area contributed by atoms with Crippen LogP contribution < -0.4 is 5.32 Å². The Morgan fingerprint density at radius 2 is 1.79 bits per heavy atom. The van der Waals surface area contributed by atoms with E-state index in [1.165, 1.54) is 0 Å². The number of methoxy groups -OCH3 is 2. The highest BCUT2D eigenvalue weighted by Crippen LogP contribution is 1.98. The highest BCUT2D eigenvalue weighted by molar-refractivity contribution is 4.64. The molecule has 0 heterocycles. The highest BCUT2D eigenvalue weighted by Gasteiger charge is 2.13. The van der Waals surface area contributed by atoms with Crippen molar-refractivity contribution in [3.63, 3.8) is 0 Å². The van der Waals surface area contributed by atoms with Gasteiger partial charge in [0.2, 0.25) is 0 Å². The fraction of sp³-hybridized carbons (Fsp3) is 1.00. The Kier molecular flexibility index (Phi) is 8.08. The molecule has 0 aromatic heterocycles. The molecule has 4 nitrogen and oxygen atoms in total. The third-order valence-corrected chi connectivity index (χ3v) is 2.12. The van der Waals surface area contributed by atoms with Crippen molar-refractivity contribution in [3.8, 4) is 0 Å². The first-order chi connectivity index (χ1) is 6.61. The maximum Gasteiger partial charge on any atom is 0.171 e. The molecule has 1 atom stereocenters. The third-order valence-electron chi connectivity index (χ3n) is 2.12. The van der Waals surface area contributed by atoms with Crippen LogP contribution in [0.3, 0.4) is 0 Å². The summed E-state index contributed by atoms with van der Waals surface area (Å²) in [6.07, 6.45) is 0.978. The lowest BCUT2D eigenvalue weighted by atomic mass is 10.3. The van der Waals surface area contributed by atoms with E-state index in [9.17, 15) is 0 Å². The summed E-state index contributed by atoms with van der Waals surface area (Å²) in [5.41, 5.74) is 0. The lowest BCUT2D eigenvalue weighted by molar-refractivity contribution is -0.119. The van der Waals surface area contributed by atoms with Crippen LogP contribution in [-0.4, -0.2) is 58.6 Å². The lowest BCUT2D eigenvalue weighted by Gasteiger charge is -2.22. The van der Waals surface area contributed by atoms with Gasteiger partial charge in [0.1, 0.15) is 0 Å². The molecule has 0 aliphatic rings. The largest absolute Gasteiger partial charge is 0.354 e. The Hall–Kier alpha value is -0.160. The third kappa shape index (κ3) is 6.32. The molecule has 14 heavy (non-hydrogen) atoms. The topological polar surface area (TPSA) is 33.7 Å². The van der Waals surface area contributed by atoms with Crippen molar-refractivity contribution in [1.29, 1.82) is 0 Å². The second-order valence-corrected chi connectivity index (χ2v) is 3.74. The Balaban J connectivity index is 3.47. The van der Waals surface area contributed by atoms with E-state index in [4.69, 9.17) is 9.47 Å². The van der Waals surface area contributed by atoms with Gasteiger partial charge in [-0.3, -0.25) is 0 Å². The molecule has 0 aromatic carbocycles. The molecule has 0 bridgehead atoms. The van der Waals surface area contributed by atoms with Crippen molar-refractivity contribution >= 4 is 0 Å². The first kappa shape index (κ1) is 13.8. The number of ether oxygens (including phenoxy) is 2. The molecule has 0 aliphatic carbocycles. The van der Waals surface area contributed by atoms with Gasteiger partial charge < -0.3 is 19.7 Å². The van der Waals surface area contributed by atoms with Crippen molar-refractivity contribution in [2.45, 2.75) is 25.7 Å². The molecule has 86 valence electrons. The van der Waals surface area contributed by atoms with E-state index in [0.717, 1.165) is 19.5 Å². The zero-order valence-corrected chi connectivity index (χ0v) is 10.0. The van der Waals surface area contributed by atoms with Crippen LogP contribution >= 0.6 is 0 Å². The van der Waals surface area contributed by atoms with Crippen molar-refractivity contribution < 1.29 is 9.47 Å². The molecule has 0 spiro atoms. The van der Waals surface area contributed by atoms with Crippen molar-refractivity contribution in [2.24, 2.45) is 0 Å². The summed E-state index contributed by atoms with van der Waals surface area (Å²) in [5, 5.41) is 3.36. The van der Waals surface area contributed by atoms with Crippen LogP contribution in [0.15, 0.2) is 0 Å². The van der Waals surface area contributed by atoms with Crippen LogP contribution in [0.1, 0.15) is 13.3 Å². The quantitative estimate of drug-likeness (QED) is 0.462. The molecule has 0 rings (SSSR count). The molecule has 0 amide bonds. The molecular formula is C10H24N2O2. The molecule has 0 aromatic rings. The smallest absolute Gasteiger partial charge is 0.171 e. The van der Waals surface area contributed by atoms with Gasteiger partial charge in [0.15, 0.2) is 6.29 Å². The summed E-state index contributed by atoms with van der Waals surface area (Å²) in [5.74, 6) is 0. The Morgan fingerprint density at radius 1 is 1.21 bits per heavy atom. The lowest BCUT2D eigenvalue weighted by Crippen LogP contribution is -2.40. The Morgan fingerprint density at radius 3 is 2.21 bits per heavy atom. The number of hydrogen-bond acceptors (Lipinski definition) is 4. The van der Waals surface area contributed by atoms with Gasteiger partial charge in [-0.05, 0) is 40.5 Å². The summed E-state index contributed by atoms with van der Waals surface area (Å²) >= 11 is 0. The maximum atomic E-state index is 5.14. The van der Waals surface area contributed by atoms with E-state index in [1.807, 2.05) is 0 Å². The average molecular weight is 204 g/mol. The molecule has 4 heteroatoms. The van der Waals surface area contributed by atoms with Crippen LogP contribution in [0.4, 0.5) is 0 Å². The maximum absolute atomic E-state index is 5.14. The van der Waals surface area contributed by atoms with E-state index in [2.05, 4.69) is 31.2 Å². The van der Waals surface area contributed by atoms with Crippen molar-refractivity contribution in [3.05, 3.63) is 0 Å². The predicted octanol–water partition coefficient (Wildman–Crippen LogP) is 0.535. The molecular weight excluding hydrogens is 180 g/mol. The fourth-order valence-electron chi connectivity index (χ4n) is 1.33. The predicted molar refractivity (Wildman–Crippen MR) is 58.4 cm³/mol. The number of rotatable bonds is 8. The normalized spacial score (nSPS) is 13.9. The molecule has 0 radical (unpaired) electrons. The van der Waals surface area contributed by atoms with Gasteiger partial charge >= 0.3 is 0 Å². The minimum atomic E-state index is -0.158. The summed E-state index contributed by atoms with van der Waals surface area (Å²) in [4.78, 5) is 2.18. The summed E-state index contributed by atoms with van der Waals surface area (Å²) < 4.78 is 10.3. The molecule has 0 saturated carbocycles. The van der Waals surface area contributed by atoms with Crippen LogP contribution in [0.5, 0.6) is 0 Å². The second-order valence-electron chi connectivity index (χ2n) is 3.74. The standard InChI is InChI=1S/C10H24N2O2/c1-9(10(13-4)14-5)11-7-6-8-12(2)3/h9-11H,6-8H2,1-5H3. The summed E-state index contributed by atoms with van der Waals surface area (Å²) in [6, 6.07) is 0.229. The summed E-state index contributed by atoms with van der Waals surface area (Å²) in [7, 11) is 7.48. The number of nitrogens with one attached hydrogen (secondary N) is 1. The number of nitrogens with zero attached hydrogens (tertiary/aromatic N) is 1. The van der Waals surface area contributed by atoms with Gasteiger partial charge in [-0.25, -0.2) is 0 Å². The van der Waals surface area contributed by atoms with Gasteiger partial charge in [-0.15, -0.1) is 0 Å². The molecule has 0 aliphatic heterocycles. The average Bonchev–Trinajstić information content (AvgIpc) is 2.14. The van der Waals surface area contributed by atoms with Gasteiger partial charge in [0.05, 0.1) is 6.04 Å². The highest BCUT2D eigenvalue weighted by atomic mass is 16.7. The van der Waals surface area contributed by atoms with E-state index in [1.54, 1.807) is 14.2 Å². The van der Waals surface area contributed by atoms with Crippen molar-refractivity contribution in [2.75, 3.05) is 41.4 Å². The van der Waals surface area contributed by atoms with Gasteiger partial charge in [0, 0.05) is 14.2 Å². The zero-order valence-electron chi connectivity index (χ0n) is 10.0. The van der Waals surface area contributed by atoms with Gasteiger partial charge in [-0.1, -0.05) is 0 Å². The Bertz CT molecular complexity index is 127. The van der Waals surface area contributed by atoms with E-state index in [0.29, 0.717) is 0 Å². The first-order valence-corrected chi connectivity index (χ1v) is 5.05. The fourth-order valence-corrected chi connectivity index (χ4v) is 1.33. The molecule has 0 saturated heterocycles. The zero-order chi connectivity index (χ0) is 11.0. The van der Waals surface area contributed by atoms with Gasteiger partial charge in [0.25, 0.3) is 0 Å². The van der Waals surface area contributed by atoms with Crippen LogP contribution in [0.2, 0.25) is 0 Å².